The van der Waals surface area contributed by atoms with Crippen LogP contribution < -0.4 is 0 Å². The van der Waals surface area contributed by atoms with Crippen molar-refractivity contribution in [3.8, 4) is 0 Å². The zero-order valence-electron chi connectivity index (χ0n) is 16.5. The van der Waals surface area contributed by atoms with Gasteiger partial charge in [0.1, 0.15) is 0 Å². The van der Waals surface area contributed by atoms with Gasteiger partial charge in [-0.1, -0.05) is 11.6 Å². The Morgan fingerprint density at radius 2 is 1.73 bits per heavy atom. The van der Waals surface area contributed by atoms with E-state index in [0.29, 0.717) is 23.0 Å². The molecule has 2 heterocycles. The Morgan fingerprint density at radius 1 is 1.13 bits per heavy atom. The first-order chi connectivity index (χ1) is 13.8. The average molecular weight is 465 g/mol. The van der Waals surface area contributed by atoms with Gasteiger partial charge in [0.15, 0.2) is 0 Å². The Bertz CT molecular complexity index is 1090. The number of aromatic nitrogens is 2. The molecule has 3 rings (SSSR count). The minimum atomic E-state index is -4.77. The second kappa shape index (κ2) is 7.86. The van der Waals surface area contributed by atoms with Crippen LogP contribution in [-0.4, -0.2) is 59.5 Å². The molecule has 0 radical (unpaired) electrons. The first kappa shape index (κ1) is 22.6. The fraction of sp³-hybridized carbons (Fsp3) is 0.444. The van der Waals surface area contributed by atoms with Gasteiger partial charge < -0.3 is 4.90 Å². The molecule has 1 aromatic carbocycles. The van der Waals surface area contributed by atoms with Crippen LogP contribution in [0.3, 0.4) is 0 Å². The van der Waals surface area contributed by atoms with Crippen molar-refractivity contribution in [2.45, 2.75) is 24.9 Å². The van der Waals surface area contributed by atoms with Gasteiger partial charge in [0, 0.05) is 38.9 Å². The smallest absolute Gasteiger partial charge is 0.336 e. The van der Waals surface area contributed by atoms with Crippen molar-refractivity contribution >= 4 is 27.5 Å². The highest BCUT2D eigenvalue weighted by Crippen LogP contribution is 2.36. The normalized spacial score (nSPS) is 16.2. The first-order valence-electron chi connectivity index (χ1n) is 9.00. The van der Waals surface area contributed by atoms with Crippen molar-refractivity contribution in [2.24, 2.45) is 7.05 Å². The number of carbonyl (C=O) groups excluding carboxylic acids is 1. The Hall–Kier alpha value is -2.11. The van der Waals surface area contributed by atoms with Crippen LogP contribution in [0.4, 0.5) is 13.2 Å². The molecule has 12 heteroatoms. The number of halogens is 4. The minimum Gasteiger partial charge on any atom is -0.336 e. The van der Waals surface area contributed by atoms with Gasteiger partial charge >= 0.3 is 6.18 Å². The van der Waals surface area contributed by atoms with Crippen LogP contribution in [0.25, 0.3) is 0 Å². The van der Waals surface area contributed by atoms with Crippen LogP contribution in [0.15, 0.2) is 23.1 Å². The number of hydrogen-bond acceptors (Lipinski definition) is 4. The van der Waals surface area contributed by atoms with Crippen LogP contribution in [0.1, 0.15) is 27.3 Å². The lowest BCUT2D eigenvalue weighted by atomic mass is 10.1. The number of sulfonamides is 1. The van der Waals surface area contributed by atoms with Gasteiger partial charge in [-0.3, -0.25) is 9.48 Å². The lowest BCUT2D eigenvalue weighted by Gasteiger charge is -2.34. The number of piperazine rings is 1. The topological polar surface area (TPSA) is 75.5 Å². The maximum atomic E-state index is 13.1. The molecular formula is C18H20ClF3N4O3S. The van der Waals surface area contributed by atoms with Crippen molar-refractivity contribution in [3.63, 3.8) is 0 Å². The van der Waals surface area contributed by atoms with E-state index in [1.807, 2.05) is 0 Å². The minimum absolute atomic E-state index is 0.0313. The standard InChI is InChI=1S/C18H20ClF3N4O3S/c1-11-16(12(2)24(3)23-11)17(27)25-6-8-26(9-7-25)30(28,29)13-4-5-15(19)14(10-13)18(20,21)22/h4-5,10H,6-9H2,1-3H3. The highest BCUT2D eigenvalue weighted by atomic mass is 35.5. The summed E-state index contributed by atoms with van der Waals surface area (Å²) in [6.45, 7) is 3.66. The van der Waals surface area contributed by atoms with Crippen LogP contribution >= 0.6 is 11.6 Å². The number of carbonyl (C=O) groups is 1. The van der Waals surface area contributed by atoms with E-state index in [9.17, 15) is 26.4 Å². The number of aryl methyl sites for hydroxylation is 2. The second-order valence-corrected chi connectivity index (χ2v) is 9.35. The molecule has 2 aromatic rings. The van der Waals surface area contributed by atoms with E-state index in [2.05, 4.69) is 5.10 Å². The van der Waals surface area contributed by atoms with Gasteiger partial charge in [-0.25, -0.2) is 8.42 Å². The molecular weight excluding hydrogens is 445 g/mol. The molecule has 0 saturated carbocycles. The summed E-state index contributed by atoms with van der Waals surface area (Å²) < 4.78 is 67.6. The van der Waals surface area contributed by atoms with Crippen molar-refractivity contribution < 1.29 is 26.4 Å². The predicted octanol–water partition coefficient (Wildman–Crippen LogP) is 2.86. The number of alkyl halides is 3. The van der Waals surface area contributed by atoms with Gasteiger partial charge in [-0.15, -0.1) is 0 Å². The van der Waals surface area contributed by atoms with Crippen LogP contribution in [-0.2, 0) is 23.2 Å². The number of benzene rings is 1. The van der Waals surface area contributed by atoms with Gasteiger partial charge in [0.05, 0.1) is 26.7 Å². The van der Waals surface area contributed by atoms with Crippen molar-refractivity contribution in [1.29, 1.82) is 0 Å². The quantitative estimate of drug-likeness (QED) is 0.700. The van der Waals surface area contributed by atoms with Crippen molar-refractivity contribution in [1.82, 2.24) is 19.0 Å². The largest absolute Gasteiger partial charge is 0.417 e. The molecule has 0 bridgehead atoms. The number of hydrogen-bond donors (Lipinski definition) is 0. The summed E-state index contributed by atoms with van der Waals surface area (Å²) in [6, 6.07) is 2.51. The highest BCUT2D eigenvalue weighted by molar-refractivity contribution is 7.89. The van der Waals surface area contributed by atoms with Crippen molar-refractivity contribution in [2.75, 3.05) is 26.2 Å². The third-order valence-corrected chi connectivity index (χ3v) is 7.35. The van der Waals surface area contributed by atoms with E-state index in [0.717, 1.165) is 16.4 Å². The molecule has 164 valence electrons. The van der Waals surface area contributed by atoms with E-state index < -0.39 is 31.7 Å². The Balaban J connectivity index is 1.78. The van der Waals surface area contributed by atoms with Crippen molar-refractivity contribution in [3.05, 3.63) is 45.7 Å². The molecule has 30 heavy (non-hydrogen) atoms. The predicted molar refractivity (Wildman–Crippen MR) is 104 cm³/mol. The fourth-order valence-corrected chi connectivity index (χ4v) is 5.08. The van der Waals surface area contributed by atoms with Gasteiger partial charge in [-0.05, 0) is 32.0 Å². The summed E-state index contributed by atoms with van der Waals surface area (Å²) in [4.78, 5) is 13.9. The van der Waals surface area contributed by atoms with E-state index in [1.54, 1.807) is 25.6 Å². The molecule has 0 atom stereocenters. The molecule has 1 aliphatic rings. The molecule has 1 aliphatic heterocycles. The van der Waals surface area contributed by atoms with E-state index in [1.165, 1.54) is 4.90 Å². The third-order valence-electron chi connectivity index (χ3n) is 5.13. The molecule has 7 nitrogen and oxygen atoms in total. The molecule has 0 aliphatic carbocycles. The molecule has 1 aromatic heterocycles. The highest BCUT2D eigenvalue weighted by Gasteiger charge is 2.37. The monoisotopic (exact) mass is 464 g/mol. The van der Waals surface area contributed by atoms with Crippen LogP contribution in [0, 0.1) is 13.8 Å². The molecule has 0 spiro atoms. The first-order valence-corrected chi connectivity index (χ1v) is 10.8. The van der Waals surface area contributed by atoms with Gasteiger partial charge in [-0.2, -0.15) is 22.6 Å². The number of rotatable bonds is 3. The number of amides is 1. The molecule has 1 fully saturated rings. The maximum absolute atomic E-state index is 13.1. The Kier molecular flexibility index (Phi) is 5.91. The van der Waals surface area contributed by atoms with Crippen LogP contribution in [0.5, 0.6) is 0 Å². The summed E-state index contributed by atoms with van der Waals surface area (Å²) >= 11 is 5.58. The Labute approximate surface area is 177 Å². The number of nitrogens with zero attached hydrogens (tertiary/aromatic N) is 4. The average Bonchev–Trinajstić information content (AvgIpc) is 2.92. The van der Waals surface area contributed by atoms with E-state index in [4.69, 9.17) is 11.6 Å². The molecule has 0 N–H and O–H groups in total. The zero-order chi connectivity index (χ0) is 22.4. The summed E-state index contributed by atoms with van der Waals surface area (Å²) in [5.74, 6) is -0.249. The maximum Gasteiger partial charge on any atom is 0.417 e. The lowest BCUT2D eigenvalue weighted by Crippen LogP contribution is -2.50. The molecule has 1 saturated heterocycles. The fourth-order valence-electron chi connectivity index (χ4n) is 3.40. The van der Waals surface area contributed by atoms with Crippen LogP contribution in [0.2, 0.25) is 5.02 Å². The third kappa shape index (κ3) is 4.06. The molecule has 0 unspecified atom stereocenters. The Morgan fingerprint density at radius 3 is 2.23 bits per heavy atom. The summed E-state index contributed by atoms with van der Waals surface area (Å²) in [7, 11) is -2.44. The van der Waals surface area contributed by atoms with E-state index >= 15 is 0 Å². The summed E-state index contributed by atoms with van der Waals surface area (Å²) in [6.07, 6.45) is -4.77. The summed E-state index contributed by atoms with van der Waals surface area (Å²) in [5.41, 5.74) is 0.548. The molecule has 1 amide bonds. The summed E-state index contributed by atoms with van der Waals surface area (Å²) in [5, 5.41) is 3.65. The lowest BCUT2D eigenvalue weighted by molar-refractivity contribution is -0.137. The van der Waals surface area contributed by atoms with Gasteiger partial charge in [0.2, 0.25) is 10.0 Å². The van der Waals surface area contributed by atoms with E-state index in [-0.39, 0.29) is 32.1 Å². The second-order valence-electron chi connectivity index (χ2n) is 7.01. The SMILES string of the molecule is Cc1nn(C)c(C)c1C(=O)N1CCN(S(=O)(=O)c2ccc(Cl)c(C(F)(F)F)c2)CC1. The zero-order valence-corrected chi connectivity index (χ0v) is 18.1. The van der Waals surface area contributed by atoms with Gasteiger partial charge in [0.25, 0.3) is 5.91 Å².